The average Bonchev–Trinajstić information content (AvgIpc) is 2.31. The van der Waals surface area contributed by atoms with Crippen LogP contribution >= 0.6 is 12.2 Å². The third kappa shape index (κ3) is 2.64. The van der Waals surface area contributed by atoms with Crippen molar-refractivity contribution in [2.24, 2.45) is 0 Å². The number of halogens is 1. The van der Waals surface area contributed by atoms with E-state index in [4.69, 9.17) is 12.2 Å². The van der Waals surface area contributed by atoms with E-state index in [1.165, 1.54) is 12.1 Å². The molecule has 18 heavy (non-hydrogen) atoms. The normalized spacial score (nSPS) is 10.9. The van der Waals surface area contributed by atoms with Crippen molar-refractivity contribution in [1.82, 2.24) is 9.97 Å². The van der Waals surface area contributed by atoms with Crippen molar-refractivity contribution in [1.29, 1.82) is 0 Å². The molecule has 0 aliphatic heterocycles. The summed E-state index contributed by atoms with van der Waals surface area (Å²) in [6, 6.07) is 6.50. The highest BCUT2D eigenvalue weighted by Gasteiger charge is 2.08. The molecule has 1 aromatic heterocycles. The molecule has 0 spiro atoms. The third-order valence-electron chi connectivity index (χ3n) is 2.80. The van der Waals surface area contributed by atoms with Crippen LogP contribution in [0.15, 0.2) is 24.3 Å². The van der Waals surface area contributed by atoms with Crippen molar-refractivity contribution in [3.05, 3.63) is 46.1 Å². The monoisotopic (exact) mass is 262 g/mol. The maximum Gasteiger partial charge on any atom is 0.130 e. The van der Waals surface area contributed by atoms with Gasteiger partial charge in [0.15, 0.2) is 0 Å². The molecule has 0 saturated carbocycles. The summed E-state index contributed by atoms with van der Waals surface area (Å²) in [6.07, 6.45) is 0. The number of aromatic amines is 1. The highest BCUT2D eigenvalue weighted by molar-refractivity contribution is 7.71. The number of hydrogen-bond donors (Lipinski definition) is 1. The molecule has 2 nitrogen and oxygen atoms in total. The number of hydrogen-bond acceptors (Lipinski definition) is 2. The van der Waals surface area contributed by atoms with Gasteiger partial charge in [-0.25, -0.2) is 9.37 Å². The van der Waals surface area contributed by atoms with Crippen molar-refractivity contribution >= 4 is 12.2 Å². The van der Waals surface area contributed by atoms with Crippen LogP contribution in [0.4, 0.5) is 4.39 Å². The predicted octanol–water partition coefficient (Wildman–Crippen LogP) is 4.38. The molecule has 1 aromatic carbocycles. The van der Waals surface area contributed by atoms with Crippen LogP contribution in [0.5, 0.6) is 0 Å². The summed E-state index contributed by atoms with van der Waals surface area (Å²) in [5.74, 6) is 0.819. The molecule has 2 rings (SSSR count). The Bertz CT molecular complexity index is 632. The van der Waals surface area contributed by atoms with Crippen LogP contribution in [0.3, 0.4) is 0 Å². The van der Waals surface area contributed by atoms with Gasteiger partial charge in [-0.15, -0.1) is 0 Å². The van der Waals surface area contributed by atoms with Crippen LogP contribution in [0, 0.1) is 17.4 Å². The SMILES string of the molecule is Cc1ccc(F)cc1-c1cc(=S)nc(C(C)C)[nH]1. The molecule has 1 heterocycles. The van der Waals surface area contributed by atoms with Gasteiger partial charge in [0.1, 0.15) is 16.3 Å². The summed E-state index contributed by atoms with van der Waals surface area (Å²) in [7, 11) is 0. The number of rotatable bonds is 2. The Labute approximate surface area is 111 Å². The van der Waals surface area contributed by atoms with Crippen LogP contribution in [0.1, 0.15) is 31.2 Å². The minimum atomic E-state index is -0.252. The molecule has 0 bridgehead atoms. The molecule has 0 saturated heterocycles. The molecule has 0 amide bonds. The van der Waals surface area contributed by atoms with Crippen molar-refractivity contribution < 1.29 is 4.39 Å². The smallest absolute Gasteiger partial charge is 0.130 e. The standard InChI is InChI=1S/C14H15FN2S/c1-8(2)14-16-12(7-13(18)17-14)11-6-10(15)5-4-9(11)3/h4-8H,1-3H3,(H,16,17,18). The Morgan fingerprint density at radius 3 is 2.67 bits per heavy atom. The van der Waals surface area contributed by atoms with Crippen molar-refractivity contribution in [3.8, 4) is 11.3 Å². The molecule has 4 heteroatoms. The maximum absolute atomic E-state index is 13.3. The van der Waals surface area contributed by atoms with E-state index in [1.54, 1.807) is 12.1 Å². The van der Waals surface area contributed by atoms with Gasteiger partial charge in [0.05, 0.1) is 5.69 Å². The molecule has 0 unspecified atom stereocenters. The molecule has 1 N–H and O–H groups in total. The summed E-state index contributed by atoms with van der Waals surface area (Å²) in [5.41, 5.74) is 2.64. The van der Waals surface area contributed by atoms with Crippen LogP contribution in [-0.4, -0.2) is 9.97 Å². The Morgan fingerprint density at radius 1 is 1.28 bits per heavy atom. The van der Waals surface area contributed by atoms with Gasteiger partial charge >= 0.3 is 0 Å². The zero-order valence-corrected chi connectivity index (χ0v) is 11.4. The maximum atomic E-state index is 13.3. The van der Waals surface area contributed by atoms with E-state index in [2.05, 4.69) is 9.97 Å². The van der Waals surface area contributed by atoms with E-state index in [0.29, 0.717) is 4.64 Å². The topological polar surface area (TPSA) is 28.7 Å². The quantitative estimate of drug-likeness (QED) is 0.814. The van der Waals surface area contributed by atoms with Gasteiger partial charge in [0, 0.05) is 11.5 Å². The molecule has 0 atom stereocenters. The molecule has 0 fully saturated rings. The minimum absolute atomic E-state index is 0.250. The fraction of sp³-hybridized carbons (Fsp3) is 0.286. The Hall–Kier alpha value is -1.55. The molecular weight excluding hydrogens is 247 g/mol. The zero-order chi connectivity index (χ0) is 13.3. The molecule has 2 aromatic rings. The molecule has 0 radical (unpaired) electrons. The second kappa shape index (κ2) is 4.98. The van der Waals surface area contributed by atoms with Gasteiger partial charge in [-0.2, -0.15) is 0 Å². The number of nitrogens with zero attached hydrogens (tertiary/aromatic N) is 1. The van der Waals surface area contributed by atoms with E-state index in [9.17, 15) is 4.39 Å². The van der Waals surface area contributed by atoms with Gasteiger partial charge in [0.25, 0.3) is 0 Å². The van der Waals surface area contributed by atoms with Crippen LogP contribution in [0.25, 0.3) is 11.3 Å². The Kier molecular flexibility index (Phi) is 3.57. The summed E-state index contributed by atoms with van der Waals surface area (Å²) in [6.45, 7) is 6.02. The number of aryl methyl sites for hydroxylation is 1. The number of benzene rings is 1. The third-order valence-corrected chi connectivity index (χ3v) is 3.01. The predicted molar refractivity (Wildman–Crippen MR) is 73.6 cm³/mol. The summed E-state index contributed by atoms with van der Waals surface area (Å²) in [5, 5.41) is 0. The first-order valence-corrected chi connectivity index (χ1v) is 6.26. The van der Waals surface area contributed by atoms with Gasteiger partial charge < -0.3 is 4.98 Å². The largest absolute Gasteiger partial charge is 0.343 e. The van der Waals surface area contributed by atoms with Gasteiger partial charge in [0.2, 0.25) is 0 Å². The van der Waals surface area contributed by atoms with Crippen molar-refractivity contribution in [3.63, 3.8) is 0 Å². The molecule has 0 aliphatic carbocycles. The fourth-order valence-corrected chi connectivity index (χ4v) is 2.00. The van der Waals surface area contributed by atoms with Crippen LogP contribution in [0.2, 0.25) is 0 Å². The highest BCUT2D eigenvalue weighted by atomic mass is 32.1. The second-order valence-electron chi connectivity index (χ2n) is 4.63. The molecular formula is C14H15FN2S. The van der Waals surface area contributed by atoms with Gasteiger partial charge in [-0.05, 0) is 30.7 Å². The number of nitrogens with one attached hydrogen (secondary N) is 1. The second-order valence-corrected chi connectivity index (χ2v) is 5.05. The first kappa shape index (κ1) is 12.9. The lowest BCUT2D eigenvalue weighted by Crippen LogP contribution is -2.00. The van der Waals surface area contributed by atoms with Crippen molar-refractivity contribution in [2.75, 3.05) is 0 Å². The highest BCUT2D eigenvalue weighted by Crippen LogP contribution is 2.23. The lowest BCUT2D eigenvalue weighted by atomic mass is 10.1. The summed E-state index contributed by atoms with van der Waals surface area (Å²) >= 11 is 5.16. The number of aromatic nitrogens is 2. The van der Waals surface area contributed by atoms with E-state index in [-0.39, 0.29) is 11.7 Å². The molecule has 0 aliphatic rings. The van der Waals surface area contributed by atoms with Crippen LogP contribution < -0.4 is 0 Å². The van der Waals surface area contributed by atoms with Crippen LogP contribution in [-0.2, 0) is 0 Å². The average molecular weight is 262 g/mol. The number of H-pyrrole nitrogens is 1. The van der Waals surface area contributed by atoms with E-state index < -0.39 is 0 Å². The van der Waals surface area contributed by atoms with Gasteiger partial charge in [-0.3, -0.25) is 0 Å². The Balaban J connectivity index is 2.63. The van der Waals surface area contributed by atoms with E-state index in [1.807, 2.05) is 20.8 Å². The van der Waals surface area contributed by atoms with E-state index in [0.717, 1.165) is 22.6 Å². The first-order chi connectivity index (χ1) is 8.47. The van der Waals surface area contributed by atoms with E-state index >= 15 is 0 Å². The first-order valence-electron chi connectivity index (χ1n) is 5.85. The van der Waals surface area contributed by atoms with Gasteiger partial charge in [-0.1, -0.05) is 32.1 Å². The zero-order valence-electron chi connectivity index (χ0n) is 10.6. The lowest BCUT2D eigenvalue weighted by molar-refractivity contribution is 0.628. The fourth-order valence-electron chi connectivity index (χ4n) is 1.78. The Morgan fingerprint density at radius 2 is 2.00 bits per heavy atom. The van der Waals surface area contributed by atoms with Crippen molar-refractivity contribution in [2.45, 2.75) is 26.7 Å². The minimum Gasteiger partial charge on any atom is -0.343 e. The molecule has 94 valence electrons. The lowest BCUT2D eigenvalue weighted by Gasteiger charge is -2.10. The summed E-state index contributed by atoms with van der Waals surface area (Å²) in [4.78, 5) is 7.50. The summed E-state index contributed by atoms with van der Waals surface area (Å²) < 4.78 is 13.9.